The van der Waals surface area contributed by atoms with Crippen LogP contribution in [0.5, 0.6) is 0 Å². The average Bonchev–Trinajstić information content (AvgIpc) is 2.75. The number of halogens is 2. The Hall–Kier alpha value is -1.63. The van der Waals surface area contributed by atoms with Crippen molar-refractivity contribution in [2.45, 2.75) is 17.7 Å². The second kappa shape index (κ2) is 9.67. The van der Waals surface area contributed by atoms with Crippen LogP contribution in [0.15, 0.2) is 51.8 Å². The van der Waals surface area contributed by atoms with Gasteiger partial charge in [0, 0.05) is 40.3 Å². The Morgan fingerprint density at radius 3 is 2.70 bits per heavy atom. The third-order valence-electron chi connectivity index (χ3n) is 5.71. The van der Waals surface area contributed by atoms with Crippen LogP contribution in [0.2, 0.25) is 0 Å². The molecule has 0 saturated carbocycles. The number of alkyl halides is 1. The van der Waals surface area contributed by atoms with Gasteiger partial charge in [-0.1, -0.05) is 46.3 Å². The summed E-state index contributed by atoms with van der Waals surface area (Å²) in [4.78, 5) is 15.3. The van der Waals surface area contributed by atoms with Crippen LogP contribution in [0, 0.1) is 5.92 Å². The number of rotatable bonds is 7. The van der Waals surface area contributed by atoms with Gasteiger partial charge < -0.3 is 9.64 Å². The maximum absolute atomic E-state index is 12.3. The summed E-state index contributed by atoms with van der Waals surface area (Å²) in [5.74, 6) is 1.20. The molecule has 4 rings (SSSR count). The molecule has 1 saturated heterocycles. The molecule has 2 aliphatic rings. The summed E-state index contributed by atoms with van der Waals surface area (Å²) in [7, 11) is 1.41. The van der Waals surface area contributed by atoms with Gasteiger partial charge in [-0.15, -0.1) is 11.8 Å². The first-order valence-electron chi connectivity index (χ1n) is 10.2. The van der Waals surface area contributed by atoms with Gasteiger partial charge in [0.2, 0.25) is 0 Å². The highest BCUT2D eigenvalue weighted by Crippen LogP contribution is 2.43. The van der Waals surface area contributed by atoms with Crippen molar-refractivity contribution in [1.82, 2.24) is 4.90 Å². The molecule has 0 amide bonds. The lowest BCUT2D eigenvalue weighted by Crippen LogP contribution is -2.47. The van der Waals surface area contributed by atoms with Crippen LogP contribution in [-0.2, 0) is 11.2 Å². The van der Waals surface area contributed by atoms with Gasteiger partial charge in [-0.05, 0) is 47.6 Å². The summed E-state index contributed by atoms with van der Waals surface area (Å²) < 4.78 is 18.3. The highest BCUT2D eigenvalue weighted by Gasteiger charge is 2.26. The number of nitrogens with zero attached hydrogens (tertiary/aromatic N) is 1. The van der Waals surface area contributed by atoms with E-state index in [4.69, 9.17) is 4.74 Å². The highest BCUT2D eigenvalue weighted by molar-refractivity contribution is 9.12. The number of hydrogen-bond donors (Lipinski definition) is 0. The van der Waals surface area contributed by atoms with E-state index < -0.39 is 0 Å². The molecule has 3 nitrogen and oxygen atoms in total. The standard InChI is InChI=1S/C24H25BrFNO2S/c1-29-24(28)19-7-8-20-22(12-19)30-15-21(25)23(20)18-5-3-16(4-6-18)11-17-13-27(14-17)10-2-9-26/h3-8,12,17H,2,9-11,13-15H2,1H3. The van der Waals surface area contributed by atoms with Crippen LogP contribution < -0.4 is 0 Å². The van der Waals surface area contributed by atoms with Crippen molar-refractivity contribution >= 4 is 39.2 Å². The fourth-order valence-electron chi connectivity index (χ4n) is 4.18. The number of benzene rings is 2. The molecule has 0 aliphatic carbocycles. The zero-order valence-corrected chi connectivity index (χ0v) is 19.4. The molecule has 2 heterocycles. The van der Waals surface area contributed by atoms with Gasteiger partial charge in [-0.3, -0.25) is 4.39 Å². The fraction of sp³-hybridized carbons (Fsp3) is 0.375. The lowest BCUT2D eigenvalue weighted by Gasteiger charge is -2.39. The molecule has 158 valence electrons. The number of hydrogen-bond acceptors (Lipinski definition) is 4. The summed E-state index contributed by atoms with van der Waals surface area (Å²) >= 11 is 5.49. The molecular weight excluding hydrogens is 465 g/mol. The summed E-state index contributed by atoms with van der Waals surface area (Å²) in [5, 5.41) is 0. The number of thioether (sulfide) groups is 1. The normalized spacial score (nSPS) is 16.9. The van der Waals surface area contributed by atoms with E-state index in [0.29, 0.717) is 17.9 Å². The number of carbonyl (C=O) groups is 1. The zero-order chi connectivity index (χ0) is 21.1. The van der Waals surface area contributed by atoms with Crippen molar-refractivity contribution in [3.63, 3.8) is 0 Å². The number of likely N-dealkylation sites (tertiary alicyclic amines) is 1. The Morgan fingerprint density at radius 1 is 1.23 bits per heavy atom. The molecule has 2 aliphatic heterocycles. The number of ether oxygens (including phenoxy) is 1. The largest absolute Gasteiger partial charge is 0.465 e. The molecule has 2 aromatic rings. The average molecular weight is 490 g/mol. The monoisotopic (exact) mass is 489 g/mol. The smallest absolute Gasteiger partial charge is 0.337 e. The topological polar surface area (TPSA) is 29.5 Å². The molecule has 0 spiro atoms. The summed E-state index contributed by atoms with van der Waals surface area (Å²) in [6.45, 7) is 2.81. The minimum Gasteiger partial charge on any atom is -0.465 e. The van der Waals surface area contributed by atoms with Gasteiger partial charge in [0.05, 0.1) is 19.3 Å². The first kappa shape index (κ1) is 21.6. The van der Waals surface area contributed by atoms with Gasteiger partial charge in [0.15, 0.2) is 0 Å². The number of carbonyl (C=O) groups excluding carboxylic acids is 1. The Morgan fingerprint density at radius 2 is 2.00 bits per heavy atom. The first-order valence-corrected chi connectivity index (χ1v) is 12.0. The van der Waals surface area contributed by atoms with Crippen molar-refractivity contribution in [2.75, 3.05) is 39.2 Å². The Labute approximate surface area is 189 Å². The fourth-order valence-corrected chi connectivity index (χ4v) is 5.93. The first-order chi connectivity index (χ1) is 14.6. The molecule has 0 unspecified atom stereocenters. The van der Waals surface area contributed by atoms with E-state index in [1.807, 2.05) is 18.2 Å². The predicted molar refractivity (Wildman–Crippen MR) is 124 cm³/mol. The van der Waals surface area contributed by atoms with Crippen LogP contribution in [0.25, 0.3) is 5.57 Å². The van der Waals surface area contributed by atoms with Crippen LogP contribution in [0.4, 0.5) is 4.39 Å². The Kier molecular flexibility index (Phi) is 6.96. The van der Waals surface area contributed by atoms with Gasteiger partial charge in [0.25, 0.3) is 0 Å². The number of fused-ring (bicyclic) bond motifs is 1. The minimum absolute atomic E-state index is 0.223. The second-order valence-corrected chi connectivity index (χ2v) is 9.81. The van der Waals surface area contributed by atoms with E-state index in [2.05, 4.69) is 45.1 Å². The number of esters is 1. The Balaban J connectivity index is 1.47. The van der Waals surface area contributed by atoms with Gasteiger partial charge in [-0.2, -0.15) is 0 Å². The Bertz CT molecular complexity index is 954. The van der Waals surface area contributed by atoms with Crippen molar-refractivity contribution in [3.05, 3.63) is 69.2 Å². The minimum atomic E-state index is -0.308. The van der Waals surface area contributed by atoms with Gasteiger partial charge in [-0.25, -0.2) is 4.79 Å². The summed E-state index contributed by atoms with van der Waals surface area (Å²) in [5.41, 5.74) is 5.43. The van der Waals surface area contributed by atoms with Gasteiger partial charge >= 0.3 is 5.97 Å². The van der Waals surface area contributed by atoms with Crippen molar-refractivity contribution in [1.29, 1.82) is 0 Å². The molecule has 0 N–H and O–H groups in total. The van der Waals surface area contributed by atoms with Gasteiger partial charge in [0.1, 0.15) is 0 Å². The van der Waals surface area contributed by atoms with E-state index in [1.54, 1.807) is 11.8 Å². The summed E-state index contributed by atoms with van der Waals surface area (Å²) in [6, 6.07) is 14.6. The second-order valence-electron chi connectivity index (χ2n) is 7.84. The van der Waals surface area contributed by atoms with Crippen molar-refractivity contribution in [3.8, 4) is 0 Å². The van der Waals surface area contributed by atoms with E-state index >= 15 is 0 Å². The van der Waals surface area contributed by atoms with Crippen LogP contribution in [0.3, 0.4) is 0 Å². The molecule has 30 heavy (non-hydrogen) atoms. The van der Waals surface area contributed by atoms with E-state index in [9.17, 15) is 9.18 Å². The maximum Gasteiger partial charge on any atom is 0.337 e. The van der Waals surface area contributed by atoms with Crippen LogP contribution >= 0.6 is 27.7 Å². The SMILES string of the molecule is COC(=O)c1ccc2c(c1)SCC(Br)=C2c1ccc(CC2CN(CCCF)C2)cc1. The van der Waals surface area contributed by atoms with E-state index in [1.165, 1.54) is 28.3 Å². The zero-order valence-electron chi connectivity index (χ0n) is 17.0. The molecular formula is C24H25BrFNO2S. The van der Waals surface area contributed by atoms with Crippen LogP contribution in [0.1, 0.15) is 33.5 Å². The molecule has 0 atom stereocenters. The predicted octanol–water partition coefficient (Wildman–Crippen LogP) is 5.57. The molecule has 0 aromatic heterocycles. The van der Waals surface area contributed by atoms with Crippen LogP contribution in [-0.4, -0.2) is 50.0 Å². The molecule has 0 radical (unpaired) electrons. The van der Waals surface area contributed by atoms with E-state index in [-0.39, 0.29) is 12.6 Å². The highest BCUT2D eigenvalue weighted by atomic mass is 79.9. The van der Waals surface area contributed by atoms with Crippen molar-refractivity contribution < 1.29 is 13.9 Å². The third-order valence-corrected chi connectivity index (χ3v) is 7.84. The molecule has 0 bridgehead atoms. The van der Waals surface area contributed by atoms with Crippen molar-refractivity contribution in [2.24, 2.45) is 5.92 Å². The lowest BCUT2D eigenvalue weighted by molar-refractivity contribution is 0.0600. The maximum atomic E-state index is 12.3. The number of methoxy groups -OCH3 is 1. The molecule has 2 aromatic carbocycles. The summed E-state index contributed by atoms with van der Waals surface area (Å²) in [6.07, 6.45) is 1.72. The quantitative estimate of drug-likeness (QED) is 0.475. The third kappa shape index (κ3) is 4.66. The molecule has 1 fully saturated rings. The molecule has 6 heteroatoms. The van der Waals surface area contributed by atoms with E-state index in [0.717, 1.165) is 42.3 Å². The lowest BCUT2D eigenvalue weighted by atomic mass is 9.90.